The minimum atomic E-state index is -0.190. The van der Waals surface area contributed by atoms with Gasteiger partial charge in [0.1, 0.15) is 11.5 Å². The van der Waals surface area contributed by atoms with E-state index in [1.807, 2.05) is 59.3 Å². The molecule has 4 aromatic heterocycles. The number of thioether (sulfide) groups is 1. The lowest BCUT2D eigenvalue weighted by Gasteiger charge is -2.07. The number of hydrogen-bond acceptors (Lipinski definition) is 5. The first-order valence-corrected chi connectivity index (χ1v) is 10.0. The van der Waals surface area contributed by atoms with Crippen molar-refractivity contribution in [2.75, 3.05) is 5.32 Å². The van der Waals surface area contributed by atoms with Crippen molar-refractivity contribution < 1.29 is 4.79 Å². The Kier molecular flexibility index (Phi) is 4.45. The number of hydrogen-bond donors (Lipinski definition) is 1. The van der Waals surface area contributed by atoms with Crippen LogP contribution in [0.25, 0.3) is 11.3 Å². The maximum atomic E-state index is 12.6. The van der Waals surface area contributed by atoms with Gasteiger partial charge in [0.2, 0.25) is 0 Å². The van der Waals surface area contributed by atoms with Gasteiger partial charge in [-0.25, -0.2) is 9.97 Å². The van der Waals surface area contributed by atoms with Gasteiger partial charge >= 0.3 is 0 Å². The molecule has 0 fully saturated rings. The number of carbonyl (C=O) groups excluding carboxylic acids is 1. The Hall–Kier alpha value is -3.65. The summed E-state index contributed by atoms with van der Waals surface area (Å²) in [6, 6.07) is 17.0. The molecule has 5 rings (SSSR count). The van der Waals surface area contributed by atoms with E-state index in [1.54, 1.807) is 40.8 Å². The van der Waals surface area contributed by atoms with E-state index in [1.165, 1.54) is 0 Å². The molecule has 1 aromatic carbocycles. The maximum Gasteiger partial charge on any atom is 0.256 e. The number of amides is 1. The maximum absolute atomic E-state index is 12.6. The van der Waals surface area contributed by atoms with Gasteiger partial charge in [-0.2, -0.15) is 9.61 Å². The molecule has 5 aromatic rings. The quantitative estimate of drug-likeness (QED) is 0.453. The van der Waals surface area contributed by atoms with Gasteiger partial charge in [-0.3, -0.25) is 4.79 Å². The summed E-state index contributed by atoms with van der Waals surface area (Å²) in [6.07, 6.45) is 7.32. The number of nitrogens with zero attached hydrogens (tertiary/aromatic N) is 5. The third-order valence-corrected chi connectivity index (χ3v) is 5.49. The second-order valence-corrected chi connectivity index (χ2v) is 7.45. The molecule has 142 valence electrons. The number of anilines is 1. The number of aromatic nitrogens is 5. The minimum Gasteiger partial charge on any atom is -0.307 e. The first-order chi connectivity index (χ1) is 14.3. The Labute approximate surface area is 170 Å². The molecule has 0 bridgehead atoms. The van der Waals surface area contributed by atoms with E-state index in [0.717, 1.165) is 22.0 Å². The highest BCUT2D eigenvalue weighted by Gasteiger charge is 2.10. The Balaban J connectivity index is 1.25. The van der Waals surface area contributed by atoms with Crippen molar-refractivity contribution in [3.8, 4) is 0 Å². The highest BCUT2D eigenvalue weighted by atomic mass is 32.2. The molecule has 0 aliphatic heterocycles. The van der Waals surface area contributed by atoms with Crippen molar-refractivity contribution in [1.82, 2.24) is 24.0 Å². The third-order valence-electron chi connectivity index (χ3n) is 4.45. The van der Waals surface area contributed by atoms with Crippen LogP contribution in [-0.4, -0.2) is 29.9 Å². The van der Waals surface area contributed by atoms with Crippen molar-refractivity contribution in [2.45, 2.75) is 10.6 Å². The van der Waals surface area contributed by atoms with E-state index < -0.39 is 0 Å². The van der Waals surface area contributed by atoms with Crippen molar-refractivity contribution >= 4 is 34.8 Å². The normalized spacial score (nSPS) is 11.2. The van der Waals surface area contributed by atoms with Crippen LogP contribution in [0, 0.1) is 0 Å². The number of pyridine rings is 1. The van der Waals surface area contributed by atoms with Crippen LogP contribution in [0.4, 0.5) is 5.82 Å². The van der Waals surface area contributed by atoms with E-state index in [4.69, 9.17) is 0 Å². The van der Waals surface area contributed by atoms with Crippen LogP contribution >= 0.6 is 11.8 Å². The standard InChI is InChI=1S/C21H16N6OS/c28-21(25-20-8-10-22-18-9-11-23-27(18)20)15-4-6-17(7-5-15)29-14-16-13-26-12-2-1-3-19(26)24-16/h1-13H,14H2,(H,25,28). The van der Waals surface area contributed by atoms with E-state index >= 15 is 0 Å². The zero-order valence-corrected chi connectivity index (χ0v) is 16.1. The predicted molar refractivity (Wildman–Crippen MR) is 112 cm³/mol. The summed E-state index contributed by atoms with van der Waals surface area (Å²) in [7, 11) is 0. The number of imidazole rings is 1. The van der Waals surface area contributed by atoms with Gasteiger partial charge in [0.05, 0.1) is 11.9 Å². The van der Waals surface area contributed by atoms with Gasteiger partial charge in [-0.15, -0.1) is 11.8 Å². The molecule has 0 spiro atoms. The van der Waals surface area contributed by atoms with Crippen molar-refractivity contribution in [3.63, 3.8) is 0 Å². The Morgan fingerprint density at radius 3 is 2.76 bits per heavy atom. The molecule has 0 aliphatic rings. The Morgan fingerprint density at radius 2 is 1.90 bits per heavy atom. The zero-order chi connectivity index (χ0) is 19.6. The highest BCUT2D eigenvalue weighted by Crippen LogP contribution is 2.23. The number of benzene rings is 1. The molecule has 0 radical (unpaired) electrons. The first kappa shape index (κ1) is 17.4. The lowest BCUT2D eigenvalue weighted by Crippen LogP contribution is -2.14. The molecule has 29 heavy (non-hydrogen) atoms. The average Bonchev–Trinajstić information content (AvgIpc) is 3.39. The molecule has 1 N–H and O–H groups in total. The molecule has 0 atom stereocenters. The molecular formula is C21H16N6OS. The molecule has 0 saturated carbocycles. The molecular weight excluding hydrogens is 384 g/mol. The van der Waals surface area contributed by atoms with Gasteiger partial charge in [0, 0.05) is 40.9 Å². The van der Waals surface area contributed by atoms with Gasteiger partial charge in [0.15, 0.2) is 5.65 Å². The summed E-state index contributed by atoms with van der Waals surface area (Å²) >= 11 is 1.69. The number of fused-ring (bicyclic) bond motifs is 2. The lowest BCUT2D eigenvalue weighted by molar-refractivity contribution is 0.102. The summed E-state index contributed by atoms with van der Waals surface area (Å²) in [5.74, 6) is 1.15. The van der Waals surface area contributed by atoms with Gasteiger partial charge in [-0.1, -0.05) is 6.07 Å². The average molecular weight is 400 g/mol. The van der Waals surface area contributed by atoms with E-state index in [0.29, 0.717) is 17.0 Å². The molecule has 0 aliphatic carbocycles. The first-order valence-electron chi connectivity index (χ1n) is 9.02. The number of nitrogens with one attached hydrogen (secondary N) is 1. The Morgan fingerprint density at radius 1 is 1.00 bits per heavy atom. The van der Waals surface area contributed by atoms with Crippen molar-refractivity contribution in [1.29, 1.82) is 0 Å². The fourth-order valence-corrected chi connectivity index (χ4v) is 3.82. The molecule has 0 saturated heterocycles. The molecule has 7 nitrogen and oxygen atoms in total. The van der Waals surface area contributed by atoms with E-state index in [2.05, 4.69) is 20.4 Å². The molecule has 4 heterocycles. The van der Waals surface area contributed by atoms with Crippen LogP contribution in [-0.2, 0) is 5.75 Å². The fraction of sp³-hybridized carbons (Fsp3) is 0.0476. The summed E-state index contributed by atoms with van der Waals surface area (Å²) in [6.45, 7) is 0. The monoisotopic (exact) mass is 400 g/mol. The lowest BCUT2D eigenvalue weighted by atomic mass is 10.2. The van der Waals surface area contributed by atoms with Crippen LogP contribution in [0.5, 0.6) is 0 Å². The minimum absolute atomic E-state index is 0.190. The summed E-state index contributed by atoms with van der Waals surface area (Å²) in [5, 5.41) is 7.06. The van der Waals surface area contributed by atoms with E-state index in [-0.39, 0.29) is 5.91 Å². The molecule has 1 amide bonds. The van der Waals surface area contributed by atoms with Crippen molar-refractivity contribution in [3.05, 3.63) is 90.6 Å². The number of carbonyl (C=O) groups is 1. The molecule has 0 unspecified atom stereocenters. The smallest absolute Gasteiger partial charge is 0.256 e. The largest absolute Gasteiger partial charge is 0.307 e. The summed E-state index contributed by atoms with van der Waals surface area (Å²) in [5.41, 5.74) is 3.22. The van der Waals surface area contributed by atoms with Crippen LogP contribution in [0.2, 0.25) is 0 Å². The SMILES string of the molecule is O=C(Nc1ccnc2ccnn12)c1ccc(SCc2cn3ccccc3n2)cc1. The number of rotatable bonds is 5. The second kappa shape index (κ2) is 7.40. The predicted octanol–water partition coefficient (Wildman–Crippen LogP) is 3.92. The van der Waals surface area contributed by atoms with E-state index in [9.17, 15) is 4.79 Å². The zero-order valence-electron chi connectivity index (χ0n) is 15.3. The van der Waals surface area contributed by atoms with Crippen LogP contribution in [0.3, 0.4) is 0 Å². The topological polar surface area (TPSA) is 76.6 Å². The highest BCUT2D eigenvalue weighted by molar-refractivity contribution is 7.98. The van der Waals surface area contributed by atoms with Gasteiger partial charge < -0.3 is 9.72 Å². The summed E-state index contributed by atoms with van der Waals surface area (Å²) < 4.78 is 3.61. The second-order valence-electron chi connectivity index (χ2n) is 6.40. The Bertz CT molecular complexity index is 1270. The van der Waals surface area contributed by atoms with Gasteiger partial charge in [-0.05, 0) is 42.5 Å². The molecule has 8 heteroatoms. The third kappa shape index (κ3) is 3.57. The van der Waals surface area contributed by atoms with Crippen LogP contribution in [0.15, 0.2) is 84.3 Å². The van der Waals surface area contributed by atoms with Gasteiger partial charge in [0.25, 0.3) is 5.91 Å². The van der Waals surface area contributed by atoms with Crippen LogP contribution < -0.4 is 5.32 Å². The van der Waals surface area contributed by atoms with Crippen molar-refractivity contribution in [2.24, 2.45) is 0 Å². The van der Waals surface area contributed by atoms with Crippen LogP contribution in [0.1, 0.15) is 16.1 Å². The fourth-order valence-electron chi connectivity index (χ4n) is 3.03. The summed E-state index contributed by atoms with van der Waals surface area (Å²) in [4.78, 5) is 22.5.